The number of fused-ring (bicyclic) bond motifs is 1. The van der Waals surface area contributed by atoms with Crippen LogP contribution < -0.4 is 15.5 Å². The third kappa shape index (κ3) is 7.13. The van der Waals surface area contributed by atoms with Crippen LogP contribution in [0.1, 0.15) is 20.8 Å². The summed E-state index contributed by atoms with van der Waals surface area (Å²) in [5, 5.41) is 7.60. The lowest BCUT2D eigenvalue weighted by molar-refractivity contribution is -0.129. The lowest BCUT2D eigenvalue weighted by Crippen LogP contribution is -2.34. The highest BCUT2D eigenvalue weighted by molar-refractivity contribution is 9.10. The molecule has 0 aliphatic carbocycles. The monoisotopic (exact) mass is 595 g/mol. The topological polar surface area (TPSA) is 96.9 Å². The third-order valence-corrected chi connectivity index (χ3v) is 7.10. The van der Waals surface area contributed by atoms with Gasteiger partial charge in [-0.05, 0) is 35.9 Å². The number of carbonyl (C=O) groups excluding carboxylic acids is 3. The molecule has 4 aromatic rings. The molecule has 0 saturated heterocycles. The molecule has 2 amide bonds. The van der Waals surface area contributed by atoms with Gasteiger partial charge in [-0.1, -0.05) is 76.1 Å². The van der Waals surface area contributed by atoms with Crippen molar-refractivity contribution in [3.8, 4) is 5.75 Å². The fraction of sp³-hybridized carbons (Fsp3) is 0.0370. The number of thiophene rings is 1. The molecule has 3 aromatic carbocycles. The maximum atomic E-state index is 12.5. The van der Waals surface area contributed by atoms with E-state index >= 15 is 0 Å². The molecule has 0 atom stereocenters. The first-order valence-electron chi connectivity index (χ1n) is 10.9. The van der Waals surface area contributed by atoms with Crippen molar-refractivity contribution >= 4 is 79.0 Å². The highest BCUT2D eigenvalue weighted by Crippen LogP contribution is 2.34. The van der Waals surface area contributed by atoms with Crippen molar-refractivity contribution in [2.75, 3.05) is 6.54 Å². The number of nitrogens with zero attached hydrogens (tertiary/aromatic N) is 1. The average molecular weight is 597 g/mol. The summed E-state index contributed by atoms with van der Waals surface area (Å²) in [6, 6.07) is 21.8. The van der Waals surface area contributed by atoms with E-state index < -0.39 is 17.8 Å². The number of carbonyl (C=O) groups is 3. The normalized spacial score (nSPS) is 11.2. The third-order valence-electron chi connectivity index (χ3n) is 4.94. The van der Waals surface area contributed by atoms with Gasteiger partial charge in [0.25, 0.3) is 11.8 Å². The molecule has 0 aliphatic rings. The van der Waals surface area contributed by atoms with E-state index in [4.69, 9.17) is 16.3 Å². The summed E-state index contributed by atoms with van der Waals surface area (Å²) in [4.78, 5) is 37.3. The summed E-state index contributed by atoms with van der Waals surface area (Å²) < 4.78 is 7.04. The number of esters is 1. The maximum absolute atomic E-state index is 12.5. The Bertz CT molecular complexity index is 1520. The fourth-order valence-corrected chi connectivity index (χ4v) is 5.01. The second-order valence-electron chi connectivity index (χ2n) is 7.56. The molecule has 0 radical (unpaired) electrons. The molecule has 186 valence electrons. The molecule has 0 saturated carbocycles. The lowest BCUT2D eigenvalue weighted by atomic mass is 10.2. The van der Waals surface area contributed by atoms with Crippen molar-refractivity contribution in [3.63, 3.8) is 0 Å². The van der Waals surface area contributed by atoms with Crippen molar-refractivity contribution in [1.82, 2.24) is 10.7 Å². The van der Waals surface area contributed by atoms with Crippen LogP contribution in [0.5, 0.6) is 5.75 Å². The van der Waals surface area contributed by atoms with Crippen LogP contribution in [0.2, 0.25) is 5.02 Å². The number of nitrogens with one attached hydrogen (secondary N) is 2. The van der Waals surface area contributed by atoms with E-state index in [9.17, 15) is 14.4 Å². The second kappa shape index (κ2) is 12.4. The summed E-state index contributed by atoms with van der Waals surface area (Å²) in [5.41, 5.74) is 3.66. The number of hydrogen-bond donors (Lipinski definition) is 2. The first kappa shape index (κ1) is 26.3. The van der Waals surface area contributed by atoms with Gasteiger partial charge in [-0.3, -0.25) is 9.59 Å². The van der Waals surface area contributed by atoms with Gasteiger partial charge in [0.1, 0.15) is 10.6 Å². The average Bonchev–Trinajstić information content (AvgIpc) is 3.24. The van der Waals surface area contributed by atoms with Crippen LogP contribution in [0.3, 0.4) is 0 Å². The van der Waals surface area contributed by atoms with Crippen molar-refractivity contribution in [2.45, 2.75) is 0 Å². The SMILES string of the molecule is O=C(CNC(=O)c1sc2ccccc2c1Cl)N/N=C\c1cc(Br)ccc1OC(=O)/C=C/c1ccccc1. The zero-order chi connectivity index (χ0) is 26.2. The van der Waals surface area contributed by atoms with E-state index in [2.05, 4.69) is 31.8 Å². The predicted octanol–water partition coefficient (Wildman–Crippen LogP) is 5.82. The van der Waals surface area contributed by atoms with Gasteiger partial charge in [0, 0.05) is 26.2 Å². The summed E-state index contributed by atoms with van der Waals surface area (Å²) in [7, 11) is 0. The predicted molar refractivity (Wildman–Crippen MR) is 150 cm³/mol. The van der Waals surface area contributed by atoms with E-state index in [1.54, 1.807) is 24.3 Å². The number of hydrazone groups is 1. The van der Waals surface area contributed by atoms with Crippen molar-refractivity contribution in [2.24, 2.45) is 5.10 Å². The van der Waals surface area contributed by atoms with Crippen molar-refractivity contribution in [1.29, 1.82) is 0 Å². The molecule has 7 nitrogen and oxygen atoms in total. The summed E-state index contributed by atoms with van der Waals surface area (Å²) in [6.07, 6.45) is 4.32. The summed E-state index contributed by atoms with van der Waals surface area (Å²) in [5.74, 6) is -1.29. The molecule has 0 spiro atoms. The Balaban J connectivity index is 1.33. The molecule has 4 rings (SSSR count). The Kier molecular flexibility index (Phi) is 8.84. The van der Waals surface area contributed by atoms with Crippen LogP contribution >= 0.6 is 38.9 Å². The molecule has 0 aliphatic heterocycles. The van der Waals surface area contributed by atoms with Crippen LogP contribution in [0.4, 0.5) is 0 Å². The Morgan fingerprint density at radius 2 is 1.78 bits per heavy atom. The zero-order valence-corrected chi connectivity index (χ0v) is 22.3. The number of ether oxygens (including phenoxy) is 1. The minimum Gasteiger partial charge on any atom is -0.423 e. The van der Waals surface area contributed by atoms with Gasteiger partial charge in [-0.25, -0.2) is 10.2 Å². The number of benzene rings is 3. The Morgan fingerprint density at radius 3 is 2.57 bits per heavy atom. The van der Waals surface area contributed by atoms with Crippen molar-refractivity contribution < 1.29 is 19.1 Å². The molecule has 2 N–H and O–H groups in total. The molecule has 37 heavy (non-hydrogen) atoms. The quantitative estimate of drug-likeness (QED) is 0.0881. The molecule has 1 aromatic heterocycles. The van der Waals surface area contributed by atoms with E-state index in [0.29, 0.717) is 15.5 Å². The van der Waals surface area contributed by atoms with E-state index in [-0.39, 0.29) is 12.3 Å². The maximum Gasteiger partial charge on any atom is 0.336 e. The molecule has 0 unspecified atom stereocenters. The minimum atomic E-state index is -0.563. The first-order valence-corrected chi connectivity index (χ1v) is 12.9. The van der Waals surface area contributed by atoms with Crippen LogP contribution in [0.25, 0.3) is 16.2 Å². The second-order valence-corrected chi connectivity index (χ2v) is 9.91. The molecule has 1 heterocycles. The van der Waals surface area contributed by atoms with Gasteiger partial charge in [-0.2, -0.15) is 5.10 Å². The van der Waals surface area contributed by atoms with E-state index in [0.717, 1.165) is 20.1 Å². The van der Waals surface area contributed by atoms with Gasteiger partial charge in [0.05, 0.1) is 17.8 Å². The first-order chi connectivity index (χ1) is 17.9. The Morgan fingerprint density at radius 1 is 1.03 bits per heavy atom. The summed E-state index contributed by atoms with van der Waals surface area (Å²) in [6.45, 7) is -0.300. The standard InChI is InChI=1S/C27H19BrClN3O4S/c28-19-11-12-21(36-24(34)13-10-17-6-2-1-3-7-17)18(14-19)15-31-32-23(33)16-30-27(35)26-25(29)20-8-4-5-9-22(20)37-26/h1-15H,16H2,(H,30,35)(H,32,33)/b13-10+,31-15-. The minimum absolute atomic E-state index is 0.261. The van der Waals surface area contributed by atoms with Crippen LogP contribution in [0.15, 0.2) is 88.4 Å². The molecule has 10 heteroatoms. The highest BCUT2D eigenvalue weighted by Gasteiger charge is 2.17. The molecular weight excluding hydrogens is 578 g/mol. The van der Waals surface area contributed by atoms with Gasteiger partial charge in [-0.15, -0.1) is 11.3 Å². The number of halogens is 2. The smallest absolute Gasteiger partial charge is 0.336 e. The van der Waals surface area contributed by atoms with Crippen molar-refractivity contribution in [3.05, 3.63) is 104 Å². The fourth-order valence-electron chi connectivity index (χ4n) is 3.20. The van der Waals surface area contributed by atoms with Crippen LogP contribution in [0, 0.1) is 0 Å². The number of amides is 2. The molecular formula is C27H19BrClN3O4S. The Hall–Kier alpha value is -3.79. The largest absolute Gasteiger partial charge is 0.423 e. The van der Waals surface area contributed by atoms with Gasteiger partial charge < -0.3 is 10.1 Å². The van der Waals surface area contributed by atoms with E-state index in [1.807, 2.05) is 54.6 Å². The van der Waals surface area contributed by atoms with Gasteiger partial charge in [0.2, 0.25) is 0 Å². The van der Waals surface area contributed by atoms with Gasteiger partial charge in [0.15, 0.2) is 0 Å². The zero-order valence-electron chi connectivity index (χ0n) is 19.1. The van der Waals surface area contributed by atoms with E-state index in [1.165, 1.54) is 23.6 Å². The number of hydrogen-bond acceptors (Lipinski definition) is 6. The van der Waals surface area contributed by atoms with Crippen LogP contribution in [-0.2, 0) is 9.59 Å². The molecule has 0 fully saturated rings. The lowest BCUT2D eigenvalue weighted by Gasteiger charge is -2.06. The number of rotatable bonds is 8. The molecule has 0 bridgehead atoms. The summed E-state index contributed by atoms with van der Waals surface area (Å²) >= 11 is 10.9. The Labute approximate surface area is 229 Å². The van der Waals surface area contributed by atoms with Crippen LogP contribution in [-0.4, -0.2) is 30.5 Å². The van der Waals surface area contributed by atoms with Gasteiger partial charge >= 0.3 is 5.97 Å². The highest BCUT2D eigenvalue weighted by atomic mass is 79.9.